The van der Waals surface area contributed by atoms with Gasteiger partial charge in [0.25, 0.3) is 0 Å². The molecule has 2 aromatic heterocycles. The summed E-state index contributed by atoms with van der Waals surface area (Å²) >= 11 is 0. The number of rotatable bonds is 9. The standard InChI is InChI=1S/C26H33N5O4SSi/c1-7-35-26(37(4,5)6)30-22(16-32)29-23(18-11-9-8-10-12-18)24(30)19-13-14-20-21(15-19)31(25(27)28-20)36(33,34)17(2)3/h8-17,26H,7H2,1-6H3,(H2,27,28). The second kappa shape index (κ2) is 9.88. The van der Waals surface area contributed by atoms with Crippen LogP contribution in [0.3, 0.4) is 0 Å². The summed E-state index contributed by atoms with van der Waals surface area (Å²) in [6, 6.07) is 14.9. The molecule has 9 nitrogen and oxygen atoms in total. The summed E-state index contributed by atoms with van der Waals surface area (Å²) < 4.78 is 35.5. The second-order valence-corrected chi connectivity index (χ2v) is 17.8. The van der Waals surface area contributed by atoms with E-state index in [9.17, 15) is 13.2 Å². The lowest BCUT2D eigenvalue weighted by Crippen LogP contribution is -2.38. The minimum atomic E-state index is -3.78. The van der Waals surface area contributed by atoms with Gasteiger partial charge < -0.3 is 10.5 Å². The molecule has 4 rings (SSSR count). The van der Waals surface area contributed by atoms with Gasteiger partial charge in [-0.3, -0.25) is 9.36 Å². The SMILES string of the molecule is CCOC(n1c(C=O)nc(-c2ccccc2)c1-c1ccc2nc(N)n(S(=O)(=O)C(C)C)c2c1)[Si](C)(C)C. The lowest BCUT2D eigenvalue weighted by molar-refractivity contribution is 0.0624. The molecule has 37 heavy (non-hydrogen) atoms. The number of imidazole rings is 2. The molecule has 2 heterocycles. The highest BCUT2D eigenvalue weighted by molar-refractivity contribution is 7.90. The number of nitrogen functional groups attached to an aromatic ring is 1. The highest BCUT2D eigenvalue weighted by Crippen LogP contribution is 2.39. The first-order valence-electron chi connectivity index (χ1n) is 12.2. The van der Waals surface area contributed by atoms with Crippen LogP contribution in [0.2, 0.25) is 19.6 Å². The van der Waals surface area contributed by atoms with Crippen LogP contribution in [0.15, 0.2) is 48.5 Å². The van der Waals surface area contributed by atoms with E-state index >= 15 is 0 Å². The third-order valence-electron chi connectivity index (χ3n) is 6.15. The normalized spacial score (nSPS) is 13.4. The van der Waals surface area contributed by atoms with Gasteiger partial charge in [-0.05, 0) is 32.9 Å². The molecular weight excluding hydrogens is 506 g/mol. The number of hydrogen-bond donors (Lipinski definition) is 1. The van der Waals surface area contributed by atoms with Gasteiger partial charge >= 0.3 is 0 Å². The van der Waals surface area contributed by atoms with Gasteiger partial charge in [-0.15, -0.1) is 0 Å². The van der Waals surface area contributed by atoms with E-state index in [1.807, 2.05) is 47.9 Å². The minimum absolute atomic E-state index is 0.0967. The van der Waals surface area contributed by atoms with Crippen LogP contribution in [0.1, 0.15) is 37.2 Å². The van der Waals surface area contributed by atoms with E-state index in [4.69, 9.17) is 15.5 Å². The summed E-state index contributed by atoms with van der Waals surface area (Å²) in [5.74, 6) is -0.235. The molecule has 196 valence electrons. The van der Waals surface area contributed by atoms with Gasteiger partial charge in [0.2, 0.25) is 16.0 Å². The third kappa shape index (κ3) is 4.74. The van der Waals surface area contributed by atoms with Crippen LogP contribution in [0.5, 0.6) is 0 Å². The molecule has 0 saturated carbocycles. The van der Waals surface area contributed by atoms with E-state index in [0.717, 1.165) is 15.8 Å². The number of aromatic nitrogens is 4. The van der Waals surface area contributed by atoms with Gasteiger partial charge in [0.05, 0.1) is 27.7 Å². The fourth-order valence-electron chi connectivity index (χ4n) is 4.41. The maximum absolute atomic E-state index is 13.2. The minimum Gasteiger partial charge on any atom is -0.368 e. The van der Waals surface area contributed by atoms with E-state index in [1.165, 1.54) is 0 Å². The molecule has 2 aromatic carbocycles. The van der Waals surface area contributed by atoms with Gasteiger partial charge in [-0.25, -0.2) is 22.4 Å². The fraction of sp³-hybridized carbons (Fsp3) is 0.346. The molecule has 1 unspecified atom stereocenters. The zero-order chi connectivity index (χ0) is 27.1. The summed E-state index contributed by atoms with van der Waals surface area (Å²) in [6.07, 6.45) is 0.742. The van der Waals surface area contributed by atoms with Crippen molar-refractivity contribution in [3.8, 4) is 22.5 Å². The Morgan fingerprint density at radius 2 is 1.73 bits per heavy atom. The van der Waals surface area contributed by atoms with E-state index in [-0.39, 0.29) is 17.6 Å². The summed E-state index contributed by atoms with van der Waals surface area (Å²) in [5.41, 5.74) is 9.69. The van der Waals surface area contributed by atoms with Crippen LogP contribution in [-0.4, -0.2) is 53.1 Å². The highest BCUT2D eigenvalue weighted by atomic mass is 32.2. The number of carbonyl (C=O) groups is 1. The van der Waals surface area contributed by atoms with Gasteiger partial charge in [0.1, 0.15) is 13.9 Å². The Morgan fingerprint density at radius 3 is 2.30 bits per heavy atom. The second-order valence-electron chi connectivity index (χ2n) is 10.2. The molecule has 0 aliphatic carbocycles. The molecule has 0 fully saturated rings. The number of aldehydes is 1. The van der Waals surface area contributed by atoms with Gasteiger partial charge in [-0.2, -0.15) is 0 Å². The molecular formula is C26H33N5O4SSi. The Morgan fingerprint density at radius 1 is 1.05 bits per heavy atom. The van der Waals surface area contributed by atoms with Gasteiger partial charge in [0.15, 0.2) is 12.1 Å². The average molecular weight is 540 g/mol. The first-order valence-corrected chi connectivity index (χ1v) is 17.3. The number of anilines is 1. The van der Waals surface area contributed by atoms with Crippen molar-refractivity contribution in [3.63, 3.8) is 0 Å². The number of nitrogens with zero attached hydrogens (tertiary/aromatic N) is 4. The number of benzene rings is 2. The molecule has 11 heteroatoms. The quantitative estimate of drug-likeness (QED) is 0.236. The predicted octanol–water partition coefficient (Wildman–Crippen LogP) is 4.96. The van der Waals surface area contributed by atoms with Crippen LogP contribution in [-0.2, 0) is 14.8 Å². The monoisotopic (exact) mass is 539 g/mol. The van der Waals surface area contributed by atoms with Crippen molar-refractivity contribution in [2.24, 2.45) is 0 Å². The number of ether oxygens (including phenoxy) is 1. The predicted molar refractivity (Wildman–Crippen MR) is 150 cm³/mol. The van der Waals surface area contributed by atoms with Crippen molar-refractivity contribution in [1.29, 1.82) is 0 Å². The highest BCUT2D eigenvalue weighted by Gasteiger charge is 2.35. The Balaban J connectivity index is 2.11. The van der Waals surface area contributed by atoms with E-state index in [0.29, 0.717) is 34.6 Å². The lowest BCUT2D eigenvalue weighted by Gasteiger charge is -2.32. The Kier molecular flexibility index (Phi) is 7.15. The molecule has 4 aromatic rings. The Labute approximate surface area is 218 Å². The molecule has 0 saturated heterocycles. The largest absolute Gasteiger partial charge is 0.368 e. The molecule has 0 aliphatic heterocycles. The van der Waals surface area contributed by atoms with Crippen LogP contribution >= 0.6 is 0 Å². The average Bonchev–Trinajstić information content (AvgIpc) is 3.38. The summed E-state index contributed by atoms with van der Waals surface area (Å²) in [7, 11) is -5.82. The van der Waals surface area contributed by atoms with Crippen LogP contribution < -0.4 is 5.73 Å². The van der Waals surface area contributed by atoms with Crippen molar-refractivity contribution >= 4 is 41.4 Å². The zero-order valence-electron chi connectivity index (χ0n) is 22.0. The van der Waals surface area contributed by atoms with Gasteiger partial charge in [0, 0.05) is 17.7 Å². The molecule has 0 amide bonds. The van der Waals surface area contributed by atoms with Crippen LogP contribution in [0.25, 0.3) is 33.5 Å². The zero-order valence-corrected chi connectivity index (χ0v) is 23.8. The first kappa shape index (κ1) is 26.8. The van der Waals surface area contributed by atoms with Crippen molar-refractivity contribution in [2.45, 2.75) is 51.5 Å². The lowest BCUT2D eigenvalue weighted by atomic mass is 10.0. The Hall–Kier alpha value is -3.28. The summed E-state index contributed by atoms with van der Waals surface area (Å²) in [5, 5.41) is -0.697. The number of nitrogens with two attached hydrogens (primary N) is 1. The number of carbonyl (C=O) groups excluding carboxylic acids is 1. The van der Waals surface area contributed by atoms with E-state index in [1.54, 1.807) is 26.0 Å². The smallest absolute Gasteiger partial charge is 0.244 e. The molecule has 0 radical (unpaired) electrons. The number of hydrogen-bond acceptors (Lipinski definition) is 7. The molecule has 0 spiro atoms. The van der Waals surface area contributed by atoms with Crippen molar-refractivity contribution in [1.82, 2.24) is 18.5 Å². The number of fused-ring (bicyclic) bond motifs is 1. The maximum Gasteiger partial charge on any atom is 0.244 e. The molecule has 1 atom stereocenters. The topological polar surface area (TPSA) is 122 Å². The van der Waals surface area contributed by atoms with Crippen molar-refractivity contribution < 1.29 is 17.9 Å². The van der Waals surface area contributed by atoms with Crippen LogP contribution in [0.4, 0.5) is 5.95 Å². The molecule has 0 bridgehead atoms. The summed E-state index contributed by atoms with van der Waals surface area (Å²) in [6.45, 7) is 12.1. The Bertz CT molecular complexity index is 1550. The molecule has 2 N–H and O–H groups in total. The van der Waals surface area contributed by atoms with E-state index < -0.39 is 23.3 Å². The molecule has 0 aliphatic rings. The van der Waals surface area contributed by atoms with Crippen molar-refractivity contribution in [2.75, 3.05) is 12.3 Å². The van der Waals surface area contributed by atoms with Crippen molar-refractivity contribution in [3.05, 3.63) is 54.4 Å². The first-order chi connectivity index (χ1) is 17.4. The van der Waals surface area contributed by atoms with E-state index in [2.05, 4.69) is 24.6 Å². The fourth-order valence-corrected chi connectivity index (χ4v) is 7.26. The summed E-state index contributed by atoms with van der Waals surface area (Å²) in [4.78, 5) is 21.4. The van der Waals surface area contributed by atoms with Gasteiger partial charge in [-0.1, -0.05) is 56.0 Å². The maximum atomic E-state index is 13.2. The van der Waals surface area contributed by atoms with Crippen LogP contribution in [0, 0.1) is 0 Å². The third-order valence-corrected chi connectivity index (χ3v) is 10.1.